The fourth-order valence-electron chi connectivity index (χ4n) is 1.82. The first-order valence-corrected chi connectivity index (χ1v) is 6.12. The van der Waals surface area contributed by atoms with Crippen LogP contribution in [-0.4, -0.2) is 18.2 Å². The summed E-state index contributed by atoms with van der Waals surface area (Å²) in [5.41, 5.74) is 2.46. The Morgan fingerprint density at radius 1 is 1.16 bits per heavy atom. The molecule has 0 spiro atoms. The van der Waals surface area contributed by atoms with Gasteiger partial charge in [-0.25, -0.2) is 0 Å². The molecule has 0 fully saturated rings. The largest absolute Gasteiger partial charge is 0.508 e. The smallest absolute Gasteiger partial charge is 0.309 e. The monoisotopic (exact) mass is 276 g/mol. The van der Waals surface area contributed by atoms with Crippen LogP contribution in [0.3, 0.4) is 0 Å². The Kier molecular flexibility index (Phi) is 4.07. The molecule has 0 aliphatic heterocycles. The van der Waals surface area contributed by atoms with Gasteiger partial charge in [-0.2, -0.15) is 0 Å². The molecule has 0 aliphatic rings. The maximum atomic E-state index is 11.3. The second kappa shape index (κ2) is 5.76. The Morgan fingerprint density at radius 3 is 2.47 bits per heavy atom. The minimum absolute atomic E-state index is 0.117. The van der Waals surface area contributed by atoms with Gasteiger partial charge in [0.1, 0.15) is 5.75 Å². The molecule has 0 saturated carbocycles. The first-order chi connectivity index (χ1) is 9.08. The van der Waals surface area contributed by atoms with Gasteiger partial charge in [0.25, 0.3) is 0 Å². The van der Waals surface area contributed by atoms with E-state index in [4.69, 9.17) is 11.6 Å². The zero-order chi connectivity index (χ0) is 13.8. The van der Waals surface area contributed by atoms with Gasteiger partial charge < -0.3 is 9.84 Å². The average molecular weight is 277 g/mol. The third kappa shape index (κ3) is 3.48. The first-order valence-electron chi connectivity index (χ1n) is 5.74. The molecule has 98 valence electrons. The summed E-state index contributed by atoms with van der Waals surface area (Å²) in [5, 5.41) is 10.4. The highest BCUT2D eigenvalue weighted by molar-refractivity contribution is 6.30. The van der Waals surface area contributed by atoms with Gasteiger partial charge in [-0.15, -0.1) is 0 Å². The normalized spacial score (nSPS) is 10.2. The molecule has 3 nitrogen and oxygen atoms in total. The lowest BCUT2D eigenvalue weighted by Gasteiger charge is -2.07. The zero-order valence-corrected chi connectivity index (χ0v) is 11.1. The van der Waals surface area contributed by atoms with Gasteiger partial charge >= 0.3 is 5.97 Å². The van der Waals surface area contributed by atoms with Crippen molar-refractivity contribution < 1.29 is 14.6 Å². The van der Waals surface area contributed by atoms with Crippen molar-refractivity contribution in [3.05, 3.63) is 53.1 Å². The molecule has 0 unspecified atom stereocenters. The number of hydrogen-bond donors (Lipinski definition) is 1. The van der Waals surface area contributed by atoms with Gasteiger partial charge in [-0.3, -0.25) is 4.79 Å². The molecule has 4 heteroatoms. The van der Waals surface area contributed by atoms with Crippen LogP contribution in [0.15, 0.2) is 42.5 Å². The number of phenols is 1. The molecule has 0 atom stereocenters. The van der Waals surface area contributed by atoms with Crippen LogP contribution in [0.1, 0.15) is 5.56 Å². The van der Waals surface area contributed by atoms with Crippen molar-refractivity contribution in [3.8, 4) is 16.9 Å². The number of hydrogen-bond acceptors (Lipinski definition) is 3. The number of halogens is 1. The summed E-state index contributed by atoms with van der Waals surface area (Å²) in [4.78, 5) is 11.3. The number of rotatable bonds is 3. The van der Waals surface area contributed by atoms with Crippen LogP contribution in [0.5, 0.6) is 5.75 Å². The van der Waals surface area contributed by atoms with E-state index in [2.05, 4.69) is 4.74 Å². The highest BCUT2D eigenvalue weighted by atomic mass is 35.5. The minimum atomic E-state index is -0.340. The number of aromatic hydroxyl groups is 1. The number of esters is 1. The summed E-state index contributed by atoms with van der Waals surface area (Å²) in [7, 11) is 1.34. The fraction of sp³-hybridized carbons (Fsp3) is 0.133. The van der Waals surface area contributed by atoms with Gasteiger partial charge in [-0.05, 0) is 41.0 Å². The molecule has 0 aromatic heterocycles. The van der Waals surface area contributed by atoms with E-state index in [1.807, 2.05) is 18.2 Å². The minimum Gasteiger partial charge on any atom is -0.508 e. The Balaban J connectivity index is 2.35. The van der Waals surface area contributed by atoms with E-state index in [1.54, 1.807) is 24.3 Å². The summed E-state index contributed by atoms with van der Waals surface area (Å²) < 4.78 is 4.62. The lowest BCUT2D eigenvalue weighted by atomic mass is 10.0. The molecular weight excluding hydrogens is 264 g/mol. The Labute approximate surface area is 116 Å². The highest BCUT2D eigenvalue weighted by Gasteiger charge is 2.07. The predicted molar refractivity (Wildman–Crippen MR) is 74.3 cm³/mol. The topological polar surface area (TPSA) is 46.5 Å². The fourth-order valence-corrected chi connectivity index (χ4v) is 1.95. The molecule has 0 radical (unpaired) electrons. The molecule has 2 rings (SSSR count). The molecule has 1 N–H and O–H groups in total. The van der Waals surface area contributed by atoms with Gasteiger partial charge in [-0.1, -0.05) is 29.8 Å². The summed E-state index contributed by atoms with van der Waals surface area (Å²) in [5.74, 6) is -0.223. The van der Waals surface area contributed by atoms with Gasteiger partial charge in [0.05, 0.1) is 13.5 Å². The third-order valence-corrected chi connectivity index (χ3v) is 2.98. The Hall–Kier alpha value is -2.00. The van der Waals surface area contributed by atoms with Gasteiger partial charge in [0.2, 0.25) is 0 Å². The van der Waals surface area contributed by atoms with Crippen LogP contribution < -0.4 is 0 Å². The molecule has 0 amide bonds. The van der Waals surface area contributed by atoms with E-state index < -0.39 is 0 Å². The molecule has 0 saturated heterocycles. The highest BCUT2D eigenvalue weighted by Crippen LogP contribution is 2.27. The van der Waals surface area contributed by atoms with Crippen molar-refractivity contribution >= 4 is 17.6 Å². The molecule has 19 heavy (non-hydrogen) atoms. The molecule has 2 aromatic carbocycles. The number of carbonyl (C=O) groups is 1. The maximum Gasteiger partial charge on any atom is 0.309 e. The van der Waals surface area contributed by atoms with Crippen molar-refractivity contribution in [1.29, 1.82) is 0 Å². The SMILES string of the molecule is COC(=O)Cc1cc(O)cc(-c2ccc(Cl)cc2)c1. The van der Waals surface area contributed by atoms with Crippen LogP contribution in [-0.2, 0) is 16.0 Å². The zero-order valence-electron chi connectivity index (χ0n) is 10.4. The lowest BCUT2D eigenvalue weighted by Crippen LogP contribution is -2.04. The van der Waals surface area contributed by atoms with Crippen molar-refractivity contribution in [1.82, 2.24) is 0 Å². The van der Waals surface area contributed by atoms with E-state index in [1.165, 1.54) is 7.11 Å². The van der Waals surface area contributed by atoms with E-state index in [-0.39, 0.29) is 18.1 Å². The maximum absolute atomic E-state index is 11.3. The van der Waals surface area contributed by atoms with Gasteiger partial charge in [0, 0.05) is 5.02 Å². The number of benzene rings is 2. The Morgan fingerprint density at radius 2 is 1.84 bits per heavy atom. The number of ether oxygens (including phenoxy) is 1. The van der Waals surface area contributed by atoms with Crippen molar-refractivity contribution in [3.63, 3.8) is 0 Å². The Bertz CT molecular complexity index is 591. The van der Waals surface area contributed by atoms with E-state index in [9.17, 15) is 9.90 Å². The average Bonchev–Trinajstić information content (AvgIpc) is 2.38. The number of methoxy groups -OCH3 is 1. The van der Waals surface area contributed by atoms with Crippen LogP contribution in [0.25, 0.3) is 11.1 Å². The quantitative estimate of drug-likeness (QED) is 0.874. The molecule has 0 bridgehead atoms. The number of carbonyl (C=O) groups excluding carboxylic acids is 1. The summed E-state index contributed by atoms with van der Waals surface area (Å²) in [6.45, 7) is 0. The number of phenolic OH excluding ortho intramolecular Hbond substituents is 1. The molecule has 0 aliphatic carbocycles. The second-order valence-corrected chi connectivity index (χ2v) is 4.58. The molecular formula is C15H13ClO3. The molecule has 2 aromatic rings. The van der Waals surface area contributed by atoms with Crippen LogP contribution in [0, 0.1) is 0 Å². The third-order valence-electron chi connectivity index (χ3n) is 2.73. The van der Waals surface area contributed by atoms with E-state index >= 15 is 0 Å². The van der Waals surface area contributed by atoms with Crippen molar-refractivity contribution in [2.24, 2.45) is 0 Å². The van der Waals surface area contributed by atoms with Crippen LogP contribution >= 0.6 is 11.6 Å². The first kappa shape index (κ1) is 13.4. The van der Waals surface area contributed by atoms with E-state index in [0.29, 0.717) is 10.6 Å². The van der Waals surface area contributed by atoms with Gasteiger partial charge in [0.15, 0.2) is 0 Å². The standard InChI is InChI=1S/C15H13ClO3/c1-19-15(18)8-10-6-12(9-14(17)7-10)11-2-4-13(16)5-3-11/h2-7,9,17H,8H2,1H3. The second-order valence-electron chi connectivity index (χ2n) is 4.15. The van der Waals surface area contributed by atoms with Crippen LogP contribution in [0.4, 0.5) is 0 Å². The molecule has 0 heterocycles. The summed E-state index contributed by atoms with van der Waals surface area (Å²) >= 11 is 5.84. The lowest BCUT2D eigenvalue weighted by molar-refractivity contribution is -0.139. The summed E-state index contributed by atoms with van der Waals surface area (Å²) in [6.07, 6.45) is 0.130. The van der Waals surface area contributed by atoms with Crippen molar-refractivity contribution in [2.45, 2.75) is 6.42 Å². The predicted octanol–water partition coefficient (Wildman–Crippen LogP) is 3.43. The summed E-state index contributed by atoms with van der Waals surface area (Å²) in [6, 6.07) is 12.3. The van der Waals surface area contributed by atoms with E-state index in [0.717, 1.165) is 11.1 Å². The van der Waals surface area contributed by atoms with Crippen LogP contribution in [0.2, 0.25) is 5.02 Å². The van der Waals surface area contributed by atoms with Crippen molar-refractivity contribution in [2.75, 3.05) is 7.11 Å².